The van der Waals surface area contributed by atoms with Crippen molar-refractivity contribution in [3.05, 3.63) is 52.9 Å². The lowest BCUT2D eigenvalue weighted by atomic mass is 10.1. The molecule has 1 unspecified atom stereocenters. The van der Waals surface area contributed by atoms with Crippen molar-refractivity contribution >= 4 is 17.7 Å². The number of aryl methyl sites for hydroxylation is 2. The number of carbonyl (C=O) groups excluding carboxylic acids is 1. The van der Waals surface area contributed by atoms with Gasteiger partial charge in [0.05, 0.1) is 5.69 Å². The van der Waals surface area contributed by atoms with Crippen molar-refractivity contribution in [2.24, 2.45) is 0 Å². The molecule has 4 nitrogen and oxygen atoms in total. The topological polar surface area (TPSA) is 46.3 Å². The van der Waals surface area contributed by atoms with Crippen molar-refractivity contribution < 1.29 is 9.32 Å². The number of amides is 1. The van der Waals surface area contributed by atoms with Crippen molar-refractivity contribution in [2.75, 3.05) is 18.8 Å². The third-order valence-corrected chi connectivity index (χ3v) is 5.38. The van der Waals surface area contributed by atoms with Gasteiger partial charge in [-0.15, -0.1) is 0 Å². The predicted molar refractivity (Wildman–Crippen MR) is 88.1 cm³/mol. The van der Waals surface area contributed by atoms with Crippen LogP contribution in [0.2, 0.25) is 0 Å². The fraction of sp³-hybridized carbons (Fsp3) is 0.412. The molecule has 3 rings (SSSR count). The largest absolute Gasteiger partial charge is 0.361 e. The summed E-state index contributed by atoms with van der Waals surface area (Å²) in [4.78, 5) is 14.6. The lowest BCUT2D eigenvalue weighted by Gasteiger charge is -2.20. The minimum atomic E-state index is 0.0468. The van der Waals surface area contributed by atoms with Crippen molar-refractivity contribution in [2.45, 2.75) is 25.5 Å². The van der Waals surface area contributed by atoms with Crippen LogP contribution >= 0.6 is 11.8 Å². The van der Waals surface area contributed by atoms with Crippen LogP contribution in [0.5, 0.6) is 0 Å². The second-order valence-electron chi connectivity index (χ2n) is 5.55. The molecular formula is C17H20N2O2S. The first-order chi connectivity index (χ1) is 10.7. The van der Waals surface area contributed by atoms with Gasteiger partial charge >= 0.3 is 0 Å². The predicted octanol–water partition coefficient (Wildman–Crippen LogP) is 3.61. The lowest BCUT2D eigenvalue weighted by Crippen LogP contribution is -2.33. The van der Waals surface area contributed by atoms with E-state index in [1.807, 2.05) is 29.7 Å². The van der Waals surface area contributed by atoms with E-state index in [4.69, 9.17) is 4.52 Å². The van der Waals surface area contributed by atoms with E-state index in [-0.39, 0.29) is 5.91 Å². The van der Waals surface area contributed by atoms with Crippen LogP contribution in [0.25, 0.3) is 0 Å². The molecule has 5 heteroatoms. The normalized spacial score (nSPS) is 19.0. The zero-order chi connectivity index (χ0) is 15.5. The summed E-state index contributed by atoms with van der Waals surface area (Å²) in [5, 5.41) is 4.35. The van der Waals surface area contributed by atoms with E-state index in [9.17, 15) is 4.79 Å². The van der Waals surface area contributed by atoms with E-state index < -0.39 is 0 Å². The molecule has 1 aromatic carbocycles. The second-order valence-corrected chi connectivity index (χ2v) is 6.86. The van der Waals surface area contributed by atoms with Gasteiger partial charge in [0.2, 0.25) is 0 Å². The van der Waals surface area contributed by atoms with Gasteiger partial charge in [0.15, 0.2) is 0 Å². The number of thioether (sulfide) groups is 1. The van der Waals surface area contributed by atoms with Gasteiger partial charge < -0.3 is 9.42 Å². The maximum absolute atomic E-state index is 12.7. The van der Waals surface area contributed by atoms with Gasteiger partial charge in [-0.25, -0.2) is 0 Å². The van der Waals surface area contributed by atoms with Gasteiger partial charge in [-0.2, -0.15) is 11.8 Å². The molecule has 2 aromatic rings. The van der Waals surface area contributed by atoms with Crippen molar-refractivity contribution in [3.8, 4) is 0 Å². The van der Waals surface area contributed by atoms with Gasteiger partial charge in [0.1, 0.15) is 11.3 Å². The number of nitrogens with zero attached hydrogens (tertiary/aromatic N) is 2. The standard InChI is InChI=1S/C17H20N2O2S/c1-12-16(13(2)21-18-12)17(20)19-9-8-15(22-11-10-19)14-6-4-3-5-7-14/h3-7,15H,8-11H2,1-2H3. The van der Waals surface area contributed by atoms with E-state index in [1.165, 1.54) is 5.56 Å². The first kappa shape index (κ1) is 15.2. The van der Waals surface area contributed by atoms with Crippen LogP contribution in [0, 0.1) is 13.8 Å². The zero-order valence-corrected chi connectivity index (χ0v) is 13.7. The summed E-state index contributed by atoms with van der Waals surface area (Å²) >= 11 is 1.93. The van der Waals surface area contributed by atoms with Gasteiger partial charge in [-0.3, -0.25) is 4.79 Å². The summed E-state index contributed by atoms with van der Waals surface area (Å²) < 4.78 is 5.13. The fourth-order valence-electron chi connectivity index (χ4n) is 2.85. The van der Waals surface area contributed by atoms with Crippen LogP contribution in [0.4, 0.5) is 0 Å². The number of hydrogen-bond donors (Lipinski definition) is 0. The highest BCUT2D eigenvalue weighted by atomic mass is 32.2. The Hall–Kier alpha value is -1.75. The molecule has 0 N–H and O–H groups in total. The summed E-state index contributed by atoms with van der Waals surface area (Å²) in [6.45, 7) is 5.17. The van der Waals surface area contributed by atoms with Crippen LogP contribution in [0.15, 0.2) is 34.9 Å². The van der Waals surface area contributed by atoms with E-state index in [0.717, 1.165) is 25.3 Å². The van der Waals surface area contributed by atoms with Crippen LogP contribution in [-0.4, -0.2) is 34.8 Å². The summed E-state index contributed by atoms with van der Waals surface area (Å²) in [5.74, 6) is 1.61. The highest BCUT2D eigenvalue weighted by molar-refractivity contribution is 7.99. The molecule has 116 valence electrons. The Kier molecular flexibility index (Phi) is 4.52. The van der Waals surface area contributed by atoms with Gasteiger partial charge in [0, 0.05) is 24.1 Å². The molecule has 0 bridgehead atoms. The highest BCUT2D eigenvalue weighted by Crippen LogP contribution is 2.34. The Balaban J connectivity index is 1.72. The summed E-state index contributed by atoms with van der Waals surface area (Å²) in [6, 6.07) is 10.5. The average molecular weight is 316 g/mol. The summed E-state index contributed by atoms with van der Waals surface area (Å²) in [6.07, 6.45) is 0.976. The molecule has 0 radical (unpaired) electrons. The van der Waals surface area contributed by atoms with E-state index in [2.05, 4.69) is 29.4 Å². The molecule has 2 heterocycles. The maximum atomic E-state index is 12.7. The van der Waals surface area contributed by atoms with Crippen LogP contribution in [0.1, 0.15) is 39.0 Å². The fourth-order valence-corrected chi connectivity index (χ4v) is 4.09. The molecule has 0 saturated carbocycles. The molecule has 1 aromatic heterocycles. The molecule has 1 aliphatic heterocycles. The number of hydrogen-bond acceptors (Lipinski definition) is 4. The molecule has 0 aliphatic carbocycles. The molecule has 1 aliphatic rings. The average Bonchev–Trinajstić information content (AvgIpc) is 2.76. The minimum Gasteiger partial charge on any atom is -0.361 e. The van der Waals surface area contributed by atoms with Gasteiger partial charge in [0.25, 0.3) is 5.91 Å². The Bertz CT molecular complexity index is 634. The SMILES string of the molecule is Cc1noc(C)c1C(=O)N1CCSC(c2ccccc2)CC1. The monoisotopic (exact) mass is 316 g/mol. The number of benzene rings is 1. The molecule has 22 heavy (non-hydrogen) atoms. The van der Waals surface area contributed by atoms with Crippen LogP contribution < -0.4 is 0 Å². The van der Waals surface area contributed by atoms with E-state index >= 15 is 0 Å². The second kappa shape index (κ2) is 6.57. The van der Waals surface area contributed by atoms with Crippen molar-refractivity contribution in [1.29, 1.82) is 0 Å². The zero-order valence-electron chi connectivity index (χ0n) is 12.9. The van der Waals surface area contributed by atoms with Crippen LogP contribution in [0.3, 0.4) is 0 Å². The summed E-state index contributed by atoms with van der Waals surface area (Å²) in [7, 11) is 0. The van der Waals surface area contributed by atoms with Gasteiger partial charge in [-0.05, 0) is 25.8 Å². The molecule has 1 amide bonds. The molecule has 1 atom stereocenters. The number of carbonyl (C=O) groups is 1. The van der Waals surface area contributed by atoms with Crippen molar-refractivity contribution in [1.82, 2.24) is 10.1 Å². The Labute approximate surface area is 134 Å². The third-order valence-electron chi connectivity index (χ3n) is 4.05. The highest BCUT2D eigenvalue weighted by Gasteiger charge is 2.26. The Morgan fingerprint density at radius 1 is 1.27 bits per heavy atom. The van der Waals surface area contributed by atoms with Crippen LogP contribution in [-0.2, 0) is 0 Å². The smallest absolute Gasteiger partial charge is 0.259 e. The van der Waals surface area contributed by atoms with Crippen molar-refractivity contribution in [3.63, 3.8) is 0 Å². The first-order valence-electron chi connectivity index (χ1n) is 7.55. The number of rotatable bonds is 2. The quantitative estimate of drug-likeness (QED) is 0.849. The minimum absolute atomic E-state index is 0.0468. The first-order valence-corrected chi connectivity index (χ1v) is 8.60. The van der Waals surface area contributed by atoms with E-state index in [0.29, 0.717) is 22.3 Å². The summed E-state index contributed by atoms with van der Waals surface area (Å²) in [5.41, 5.74) is 2.65. The third kappa shape index (κ3) is 3.04. The molecule has 0 spiro atoms. The maximum Gasteiger partial charge on any atom is 0.259 e. The van der Waals surface area contributed by atoms with E-state index in [1.54, 1.807) is 6.92 Å². The number of aromatic nitrogens is 1. The Morgan fingerprint density at radius 2 is 2.05 bits per heavy atom. The molecule has 1 saturated heterocycles. The molecular weight excluding hydrogens is 296 g/mol. The Morgan fingerprint density at radius 3 is 2.73 bits per heavy atom. The van der Waals surface area contributed by atoms with Gasteiger partial charge in [-0.1, -0.05) is 35.5 Å². The molecule has 1 fully saturated rings. The lowest BCUT2D eigenvalue weighted by molar-refractivity contribution is 0.0764.